The molecule has 0 aliphatic carbocycles. The van der Waals surface area contributed by atoms with Gasteiger partial charge in [0.25, 0.3) is 0 Å². The quantitative estimate of drug-likeness (QED) is 0.221. The molecule has 1 rings (SSSR count). The highest BCUT2D eigenvalue weighted by Gasteiger charge is 2.02. The Hall–Kier alpha value is -0.0500. The van der Waals surface area contributed by atoms with Crippen LogP contribution in [-0.2, 0) is 6.54 Å². The Bertz CT molecular complexity index is 331. The zero-order valence-electron chi connectivity index (χ0n) is 14.0. The van der Waals surface area contributed by atoms with Gasteiger partial charge in [-0.15, -0.1) is 12.4 Å². The van der Waals surface area contributed by atoms with Gasteiger partial charge in [-0.05, 0) is 12.0 Å². The molecule has 0 radical (unpaired) electrons. The molecule has 1 aromatic rings. The highest BCUT2D eigenvalue weighted by molar-refractivity contribution is 9.09. The zero-order chi connectivity index (χ0) is 15.2. The van der Waals surface area contributed by atoms with Crippen LogP contribution in [0.4, 0.5) is 0 Å². The molecular formula is C19H33BrClN. The maximum atomic E-state index is 3.74. The molecule has 1 unspecified atom stereocenters. The minimum Gasteiger partial charge on any atom is -0.301 e. The second kappa shape index (κ2) is 15.8. The van der Waals surface area contributed by atoms with Crippen LogP contribution in [0.3, 0.4) is 0 Å². The number of hydrogen-bond acceptors (Lipinski definition) is 1. The molecule has 22 heavy (non-hydrogen) atoms. The number of unbranched alkanes of at least 4 members (excludes halogenated alkanes) is 8. The van der Waals surface area contributed by atoms with E-state index in [4.69, 9.17) is 0 Å². The van der Waals surface area contributed by atoms with Gasteiger partial charge in [-0.3, -0.25) is 0 Å². The molecule has 1 atom stereocenters. The number of alkyl halides is 1. The average molecular weight is 391 g/mol. The van der Waals surface area contributed by atoms with Crippen molar-refractivity contribution in [3.8, 4) is 0 Å². The lowest BCUT2D eigenvalue weighted by Crippen LogP contribution is -2.22. The SMILES string of the molecule is CCCCCCCCCCCC(Br)NCc1ccccc1.Cl. The monoisotopic (exact) mass is 389 g/mol. The third kappa shape index (κ3) is 12.5. The fourth-order valence-electron chi connectivity index (χ4n) is 2.56. The molecule has 0 saturated carbocycles. The molecule has 1 aromatic carbocycles. The fraction of sp³-hybridized carbons (Fsp3) is 0.684. The largest absolute Gasteiger partial charge is 0.301 e. The minimum atomic E-state index is 0. The summed E-state index contributed by atoms with van der Waals surface area (Å²) < 4.78 is 0. The Balaban J connectivity index is 0.00000441. The van der Waals surface area contributed by atoms with E-state index in [9.17, 15) is 0 Å². The van der Waals surface area contributed by atoms with E-state index >= 15 is 0 Å². The lowest BCUT2D eigenvalue weighted by Gasteiger charge is -2.12. The Morgan fingerprint density at radius 1 is 0.864 bits per heavy atom. The lowest BCUT2D eigenvalue weighted by molar-refractivity contribution is 0.533. The van der Waals surface area contributed by atoms with E-state index in [1.807, 2.05) is 0 Å². The topological polar surface area (TPSA) is 12.0 Å². The number of benzene rings is 1. The predicted octanol–water partition coefficient (Wildman–Crippen LogP) is 6.84. The van der Waals surface area contributed by atoms with Gasteiger partial charge < -0.3 is 5.32 Å². The fourth-order valence-corrected chi connectivity index (χ4v) is 3.05. The van der Waals surface area contributed by atoms with E-state index in [1.54, 1.807) is 0 Å². The van der Waals surface area contributed by atoms with Gasteiger partial charge in [0.1, 0.15) is 0 Å². The second-order valence-electron chi connectivity index (χ2n) is 5.95. The predicted molar refractivity (Wildman–Crippen MR) is 105 cm³/mol. The van der Waals surface area contributed by atoms with E-state index < -0.39 is 0 Å². The van der Waals surface area contributed by atoms with Crippen molar-refractivity contribution in [2.45, 2.75) is 82.6 Å². The molecule has 0 saturated heterocycles. The Morgan fingerprint density at radius 2 is 1.41 bits per heavy atom. The van der Waals surface area contributed by atoms with Crippen LogP contribution in [0.1, 0.15) is 76.7 Å². The van der Waals surface area contributed by atoms with Crippen molar-refractivity contribution in [3.63, 3.8) is 0 Å². The first kappa shape index (κ1) is 21.9. The Labute approximate surface area is 152 Å². The van der Waals surface area contributed by atoms with Crippen molar-refractivity contribution >= 4 is 28.3 Å². The van der Waals surface area contributed by atoms with Crippen molar-refractivity contribution < 1.29 is 0 Å². The molecule has 0 aliphatic heterocycles. The van der Waals surface area contributed by atoms with Crippen LogP contribution in [0.15, 0.2) is 30.3 Å². The van der Waals surface area contributed by atoms with Gasteiger partial charge in [0.05, 0.1) is 4.95 Å². The molecule has 0 fully saturated rings. The van der Waals surface area contributed by atoms with Crippen molar-refractivity contribution in [1.29, 1.82) is 0 Å². The third-order valence-electron chi connectivity index (χ3n) is 3.93. The third-order valence-corrected chi connectivity index (χ3v) is 4.71. The van der Waals surface area contributed by atoms with Gasteiger partial charge in [0, 0.05) is 6.54 Å². The summed E-state index contributed by atoms with van der Waals surface area (Å²) >= 11 is 3.74. The van der Waals surface area contributed by atoms with Crippen molar-refractivity contribution in [3.05, 3.63) is 35.9 Å². The minimum absolute atomic E-state index is 0. The van der Waals surface area contributed by atoms with Gasteiger partial charge in [-0.25, -0.2) is 0 Å². The zero-order valence-corrected chi connectivity index (χ0v) is 16.4. The molecule has 3 heteroatoms. The van der Waals surface area contributed by atoms with E-state index in [-0.39, 0.29) is 12.4 Å². The summed E-state index contributed by atoms with van der Waals surface area (Å²) in [4.78, 5) is 0.447. The molecule has 128 valence electrons. The molecule has 1 nitrogen and oxygen atoms in total. The van der Waals surface area contributed by atoms with Crippen LogP contribution in [0.5, 0.6) is 0 Å². The molecule has 0 spiro atoms. The summed E-state index contributed by atoms with van der Waals surface area (Å²) in [6.07, 6.45) is 13.8. The van der Waals surface area contributed by atoms with Gasteiger partial charge in [-0.1, -0.05) is 111 Å². The Morgan fingerprint density at radius 3 is 2.00 bits per heavy atom. The molecular weight excluding hydrogens is 358 g/mol. The van der Waals surface area contributed by atoms with Gasteiger partial charge in [-0.2, -0.15) is 0 Å². The van der Waals surface area contributed by atoms with Crippen LogP contribution >= 0.6 is 28.3 Å². The van der Waals surface area contributed by atoms with E-state index in [1.165, 1.54) is 69.8 Å². The average Bonchev–Trinajstić information content (AvgIpc) is 2.52. The second-order valence-corrected chi connectivity index (χ2v) is 7.06. The number of hydrogen-bond donors (Lipinski definition) is 1. The van der Waals surface area contributed by atoms with Crippen molar-refractivity contribution in [2.75, 3.05) is 0 Å². The maximum Gasteiger partial charge on any atom is 0.0633 e. The molecule has 0 aliphatic rings. The number of halogens is 2. The normalized spacial score (nSPS) is 11.9. The lowest BCUT2D eigenvalue weighted by atomic mass is 10.1. The summed E-state index contributed by atoms with van der Waals surface area (Å²) in [6.45, 7) is 3.23. The highest BCUT2D eigenvalue weighted by Crippen LogP contribution is 2.13. The van der Waals surface area contributed by atoms with Crippen LogP contribution in [-0.4, -0.2) is 4.95 Å². The summed E-state index contributed by atoms with van der Waals surface area (Å²) in [5.41, 5.74) is 1.36. The molecule has 1 N–H and O–H groups in total. The summed E-state index contributed by atoms with van der Waals surface area (Å²) in [5.74, 6) is 0. The smallest absolute Gasteiger partial charge is 0.0633 e. The molecule has 0 bridgehead atoms. The van der Waals surface area contributed by atoms with Gasteiger partial charge in [0.2, 0.25) is 0 Å². The van der Waals surface area contributed by atoms with Crippen LogP contribution in [0, 0.1) is 0 Å². The summed E-state index contributed by atoms with van der Waals surface area (Å²) in [7, 11) is 0. The molecule has 0 heterocycles. The summed E-state index contributed by atoms with van der Waals surface area (Å²) in [5, 5.41) is 3.54. The van der Waals surface area contributed by atoms with Crippen molar-refractivity contribution in [2.24, 2.45) is 0 Å². The van der Waals surface area contributed by atoms with Gasteiger partial charge >= 0.3 is 0 Å². The standard InChI is InChI=1S/C19H32BrN.ClH/c1-2-3-4-5-6-7-8-9-13-16-19(20)21-17-18-14-11-10-12-15-18;/h10-12,14-15,19,21H,2-9,13,16-17H2,1H3;1H. The highest BCUT2D eigenvalue weighted by atomic mass is 79.9. The van der Waals surface area contributed by atoms with E-state index in [2.05, 4.69) is 58.5 Å². The number of rotatable bonds is 13. The Kier molecular flexibility index (Phi) is 15.8. The van der Waals surface area contributed by atoms with E-state index in [0.717, 1.165) is 6.54 Å². The van der Waals surface area contributed by atoms with Crippen LogP contribution < -0.4 is 5.32 Å². The molecule has 0 aromatic heterocycles. The first-order chi connectivity index (χ1) is 10.3. The first-order valence-corrected chi connectivity index (χ1v) is 9.66. The van der Waals surface area contributed by atoms with E-state index in [0.29, 0.717) is 4.95 Å². The van der Waals surface area contributed by atoms with Gasteiger partial charge in [0.15, 0.2) is 0 Å². The summed E-state index contributed by atoms with van der Waals surface area (Å²) in [6, 6.07) is 10.6. The number of nitrogens with one attached hydrogen (secondary N) is 1. The molecule has 0 amide bonds. The maximum absolute atomic E-state index is 3.74. The van der Waals surface area contributed by atoms with Crippen LogP contribution in [0.25, 0.3) is 0 Å². The van der Waals surface area contributed by atoms with Crippen molar-refractivity contribution in [1.82, 2.24) is 5.32 Å². The first-order valence-electron chi connectivity index (χ1n) is 8.74. The van der Waals surface area contributed by atoms with Crippen LogP contribution in [0.2, 0.25) is 0 Å².